The quantitative estimate of drug-likeness (QED) is 0.896. The molecule has 0 atom stereocenters. The van der Waals surface area contributed by atoms with Gasteiger partial charge in [-0.1, -0.05) is 34.8 Å². The summed E-state index contributed by atoms with van der Waals surface area (Å²) < 4.78 is 3.74. The van der Waals surface area contributed by atoms with Gasteiger partial charge in [-0.2, -0.15) is 0 Å². The minimum Gasteiger partial charge on any atom is -0.351 e. The Morgan fingerprint density at radius 1 is 1.35 bits per heavy atom. The van der Waals surface area contributed by atoms with Gasteiger partial charge >= 0.3 is 0 Å². The zero-order valence-corrected chi connectivity index (χ0v) is 10.3. The second-order valence-corrected chi connectivity index (χ2v) is 4.43. The highest BCUT2D eigenvalue weighted by Crippen LogP contribution is 2.08. The normalized spacial score (nSPS) is 10.2. The van der Waals surface area contributed by atoms with Crippen molar-refractivity contribution in [1.29, 1.82) is 0 Å². The molecule has 1 aromatic heterocycles. The maximum absolute atomic E-state index is 11.7. The predicted octanol–water partition coefficient (Wildman–Crippen LogP) is 1.82. The fourth-order valence-electron chi connectivity index (χ4n) is 1.49. The molecule has 1 N–H and O–H groups in total. The first-order valence-corrected chi connectivity index (χ1v) is 6.16. The van der Waals surface area contributed by atoms with Crippen LogP contribution in [0.3, 0.4) is 0 Å². The van der Waals surface area contributed by atoms with Crippen molar-refractivity contribution in [1.82, 2.24) is 14.9 Å². The molecule has 1 heterocycles. The zero-order chi connectivity index (χ0) is 12.1. The molecule has 2 aromatic rings. The molecule has 88 valence electrons. The Kier molecular flexibility index (Phi) is 3.82. The number of nitrogens with one attached hydrogen (secondary N) is 1. The van der Waals surface area contributed by atoms with Crippen molar-refractivity contribution >= 4 is 17.4 Å². The van der Waals surface area contributed by atoms with Gasteiger partial charge in [-0.15, -0.1) is 5.10 Å². The lowest BCUT2D eigenvalue weighted by Gasteiger charge is -2.03. The fraction of sp³-hybridized carbons (Fsp3) is 0.250. The predicted molar refractivity (Wildman–Crippen MR) is 67.1 cm³/mol. The van der Waals surface area contributed by atoms with Crippen LogP contribution in [0.5, 0.6) is 0 Å². The smallest absolute Gasteiger partial charge is 0.264 e. The number of amides is 1. The molecule has 2 rings (SSSR count). The van der Waals surface area contributed by atoms with E-state index in [1.165, 1.54) is 5.56 Å². The van der Waals surface area contributed by atoms with Crippen LogP contribution in [0, 0.1) is 6.92 Å². The van der Waals surface area contributed by atoms with Crippen LogP contribution in [0.4, 0.5) is 0 Å². The van der Waals surface area contributed by atoms with Gasteiger partial charge in [0.25, 0.3) is 5.91 Å². The van der Waals surface area contributed by atoms with Gasteiger partial charge < -0.3 is 5.32 Å². The summed E-state index contributed by atoms with van der Waals surface area (Å²) >= 11 is 1.13. The third-order valence-electron chi connectivity index (χ3n) is 2.40. The van der Waals surface area contributed by atoms with Crippen LogP contribution in [0.15, 0.2) is 30.3 Å². The number of hydrogen-bond donors (Lipinski definition) is 1. The Morgan fingerprint density at radius 2 is 2.12 bits per heavy atom. The van der Waals surface area contributed by atoms with Crippen LogP contribution < -0.4 is 5.32 Å². The van der Waals surface area contributed by atoms with Gasteiger partial charge in [-0.05, 0) is 30.4 Å². The van der Waals surface area contributed by atoms with E-state index in [0.29, 0.717) is 17.1 Å². The second kappa shape index (κ2) is 5.54. The molecule has 0 fully saturated rings. The van der Waals surface area contributed by atoms with Gasteiger partial charge in [0.05, 0.1) is 5.69 Å². The van der Waals surface area contributed by atoms with Gasteiger partial charge in [0.15, 0.2) is 0 Å². The van der Waals surface area contributed by atoms with Gasteiger partial charge in [0.2, 0.25) is 0 Å². The van der Waals surface area contributed by atoms with Crippen LogP contribution in [-0.4, -0.2) is 22.0 Å². The summed E-state index contributed by atoms with van der Waals surface area (Å²) in [7, 11) is 0. The largest absolute Gasteiger partial charge is 0.351 e. The fourth-order valence-corrected chi connectivity index (χ4v) is 2.06. The van der Waals surface area contributed by atoms with Crippen molar-refractivity contribution in [3.8, 4) is 0 Å². The summed E-state index contributed by atoms with van der Waals surface area (Å²) in [5.74, 6) is -0.0894. The molecule has 0 saturated heterocycles. The topological polar surface area (TPSA) is 54.9 Å². The molecule has 5 heteroatoms. The molecule has 0 spiro atoms. The van der Waals surface area contributed by atoms with Crippen molar-refractivity contribution in [2.24, 2.45) is 0 Å². The first kappa shape index (κ1) is 11.7. The lowest BCUT2D eigenvalue weighted by Crippen LogP contribution is -2.25. The SMILES string of the molecule is Cc1nnsc1C(=O)NCCc1ccccc1. The number of rotatable bonds is 4. The van der Waals surface area contributed by atoms with E-state index < -0.39 is 0 Å². The molecule has 4 nitrogen and oxygen atoms in total. The number of nitrogens with zero attached hydrogens (tertiary/aromatic N) is 2. The molecule has 0 saturated carbocycles. The molecule has 0 bridgehead atoms. The van der Waals surface area contributed by atoms with Crippen LogP contribution in [-0.2, 0) is 6.42 Å². The molecule has 1 aromatic carbocycles. The second-order valence-electron chi connectivity index (χ2n) is 3.68. The first-order chi connectivity index (χ1) is 8.27. The van der Waals surface area contributed by atoms with Crippen LogP contribution in [0.1, 0.15) is 20.9 Å². The first-order valence-electron chi connectivity index (χ1n) is 5.38. The Hall–Kier alpha value is -1.75. The number of hydrogen-bond acceptors (Lipinski definition) is 4. The van der Waals surface area contributed by atoms with E-state index >= 15 is 0 Å². The molecule has 0 aliphatic carbocycles. The van der Waals surface area contributed by atoms with E-state index in [2.05, 4.69) is 14.9 Å². The number of benzene rings is 1. The monoisotopic (exact) mass is 247 g/mol. The third kappa shape index (κ3) is 3.10. The minimum absolute atomic E-state index is 0.0894. The summed E-state index contributed by atoms with van der Waals surface area (Å²) in [6.45, 7) is 2.41. The van der Waals surface area contributed by atoms with E-state index in [1.807, 2.05) is 30.3 Å². The summed E-state index contributed by atoms with van der Waals surface area (Å²) in [5, 5.41) is 6.68. The van der Waals surface area contributed by atoms with E-state index in [0.717, 1.165) is 18.0 Å². The van der Waals surface area contributed by atoms with Crippen LogP contribution in [0.25, 0.3) is 0 Å². The Morgan fingerprint density at radius 3 is 2.76 bits per heavy atom. The minimum atomic E-state index is -0.0894. The van der Waals surface area contributed by atoms with Gasteiger partial charge in [0, 0.05) is 6.54 Å². The van der Waals surface area contributed by atoms with Crippen LogP contribution in [0.2, 0.25) is 0 Å². The summed E-state index contributed by atoms with van der Waals surface area (Å²) in [6.07, 6.45) is 0.831. The Balaban J connectivity index is 1.84. The van der Waals surface area contributed by atoms with E-state index in [1.54, 1.807) is 6.92 Å². The van der Waals surface area contributed by atoms with E-state index in [-0.39, 0.29) is 5.91 Å². The third-order valence-corrected chi connectivity index (χ3v) is 3.23. The number of aromatic nitrogens is 2. The van der Waals surface area contributed by atoms with Gasteiger partial charge in [0.1, 0.15) is 4.88 Å². The summed E-state index contributed by atoms with van der Waals surface area (Å²) in [4.78, 5) is 12.3. The van der Waals surface area contributed by atoms with Crippen molar-refractivity contribution in [3.63, 3.8) is 0 Å². The van der Waals surface area contributed by atoms with E-state index in [4.69, 9.17) is 0 Å². The molecule has 0 unspecified atom stereocenters. The standard InChI is InChI=1S/C12H13N3OS/c1-9-11(17-15-14-9)12(16)13-8-7-10-5-3-2-4-6-10/h2-6H,7-8H2,1H3,(H,13,16). The van der Waals surface area contributed by atoms with Crippen molar-refractivity contribution in [2.75, 3.05) is 6.54 Å². The zero-order valence-electron chi connectivity index (χ0n) is 9.51. The lowest BCUT2D eigenvalue weighted by atomic mass is 10.1. The molecule has 1 amide bonds. The average Bonchev–Trinajstić information content (AvgIpc) is 2.77. The number of aryl methyl sites for hydroxylation is 1. The Bertz CT molecular complexity index is 495. The molecule has 0 aliphatic heterocycles. The molecule has 0 aliphatic rings. The number of carbonyl (C=O) groups excluding carboxylic acids is 1. The summed E-state index contributed by atoms with van der Waals surface area (Å²) in [6, 6.07) is 10.1. The molecular weight excluding hydrogens is 234 g/mol. The van der Waals surface area contributed by atoms with Crippen molar-refractivity contribution in [2.45, 2.75) is 13.3 Å². The van der Waals surface area contributed by atoms with Crippen LogP contribution >= 0.6 is 11.5 Å². The average molecular weight is 247 g/mol. The van der Waals surface area contributed by atoms with E-state index in [9.17, 15) is 4.79 Å². The van der Waals surface area contributed by atoms with Crippen molar-refractivity contribution < 1.29 is 4.79 Å². The highest BCUT2D eigenvalue weighted by molar-refractivity contribution is 7.07. The maximum Gasteiger partial charge on any atom is 0.264 e. The highest BCUT2D eigenvalue weighted by Gasteiger charge is 2.11. The van der Waals surface area contributed by atoms with Crippen molar-refractivity contribution in [3.05, 3.63) is 46.5 Å². The molecule has 0 radical (unpaired) electrons. The Labute approximate surface area is 104 Å². The lowest BCUT2D eigenvalue weighted by molar-refractivity contribution is 0.0957. The highest BCUT2D eigenvalue weighted by atomic mass is 32.1. The molecular formula is C12H13N3OS. The van der Waals surface area contributed by atoms with Gasteiger partial charge in [-0.3, -0.25) is 4.79 Å². The maximum atomic E-state index is 11.7. The molecule has 17 heavy (non-hydrogen) atoms. The summed E-state index contributed by atoms with van der Waals surface area (Å²) in [5.41, 5.74) is 1.90. The van der Waals surface area contributed by atoms with Gasteiger partial charge in [-0.25, -0.2) is 0 Å². The number of carbonyl (C=O) groups is 1.